The fourth-order valence-electron chi connectivity index (χ4n) is 7.06. The Morgan fingerprint density at radius 3 is 2.15 bits per heavy atom. The van der Waals surface area contributed by atoms with Gasteiger partial charge in [-0.3, -0.25) is 0 Å². The Bertz CT molecular complexity index is 2380. The van der Waals surface area contributed by atoms with Crippen LogP contribution in [-0.2, 0) is 6.42 Å². The standard InChI is InChI=1S/C44H29NO/c1-4-14-30(15-5-1)31-24-26-33(27-25-31)43-38-21-10-11-22-39(38)44(46-43)41-35(32-16-6-2-7-17-32)28-29-37-36-20-12-13-23-40(36)45(42(37)41)34-18-8-3-9-19-34/h1-6,8-10,12-16,18-21,23-29H,11,22H2. The predicted molar refractivity (Wildman–Crippen MR) is 190 cm³/mol. The molecule has 0 atom stereocenters. The van der Waals surface area contributed by atoms with Gasteiger partial charge in [0.15, 0.2) is 0 Å². The molecule has 0 aliphatic heterocycles. The minimum Gasteiger partial charge on any atom is -0.455 e. The van der Waals surface area contributed by atoms with Crippen LogP contribution in [0.4, 0.5) is 0 Å². The number of rotatable bonds is 5. The largest absolute Gasteiger partial charge is 0.455 e. The van der Waals surface area contributed by atoms with Gasteiger partial charge in [0, 0.05) is 44.3 Å². The van der Waals surface area contributed by atoms with Crippen molar-refractivity contribution in [1.82, 2.24) is 4.57 Å². The molecule has 0 N–H and O–H groups in total. The fraction of sp³-hybridized carbons (Fsp3) is 0.0455. The number of benzene rings is 5. The lowest BCUT2D eigenvalue weighted by molar-refractivity contribution is 0.594. The van der Waals surface area contributed by atoms with E-state index in [9.17, 15) is 0 Å². The maximum atomic E-state index is 7.15. The molecule has 2 nitrogen and oxygen atoms in total. The molecule has 0 bridgehead atoms. The van der Waals surface area contributed by atoms with Gasteiger partial charge in [0.1, 0.15) is 11.5 Å². The topological polar surface area (TPSA) is 18.1 Å². The fourth-order valence-corrected chi connectivity index (χ4v) is 7.06. The molecule has 46 heavy (non-hydrogen) atoms. The lowest BCUT2D eigenvalue weighted by Gasteiger charge is -2.15. The normalized spacial score (nSPS) is 12.3. The van der Waals surface area contributed by atoms with E-state index in [1.54, 1.807) is 0 Å². The van der Waals surface area contributed by atoms with Gasteiger partial charge in [-0.15, -0.1) is 0 Å². The molecule has 6 aromatic carbocycles. The maximum absolute atomic E-state index is 7.15. The average molecular weight is 588 g/mol. The molecule has 0 saturated carbocycles. The molecule has 2 heteroatoms. The van der Waals surface area contributed by atoms with Crippen molar-refractivity contribution in [2.75, 3.05) is 0 Å². The first-order valence-electron chi connectivity index (χ1n) is 15.8. The summed E-state index contributed by atoms with van der Waals surface area (Å²) in [7, 11) is 0. The minimum absolute atomic E-state index is 0.912. The molecule has 0 saturated heterocycles. The Hall–Kier alpha value is -6.04. The lowest BCUT2D eigenvalue weighted by atomic mass is 9.90. The Labute approximate surface area is 268 Å². The van der Waals surface area contributed by atoms with Crippen molar-refractivity contribution in [3.63, 3.8) is 0 Å². The molecule has 0 spiro atoms. The van der Waals surface area contributed by atoms with Gasteiger partial charge < -0.3 is 8.98 Å². The van der Waals surface area contributed by atoms with Gasteiger partial charge in [-0.2, -0.15) is 0 Å². The van der Waals surface area contributed by atoms with Gasteiger partial charge in [0.2, 0.25) is 0 Å². The highest BCUT2D eigenvalue weighted by molar-refractivity contribution is 6.16. The number of allylic oxidation sites excluding steroid dienone is 1. The highest BCUT2D eigenvalue weighted by atomic mass is 16.3. The molecule has 0 amide bonds. The Balaban J connectivity index is 1.36. The molecule has 1 aliphatic carbocycles. The average Bonchev–Trinajstić information content (AvgIpc) is 3.69. The van der Waals surface area contributed by atoms with E-state index in [0.29, 0.717) is 0 Å². The third kappa shape index (κ3) is 4.21. The van der Waals surface area contributed by atoms with Gasteiger partial charge in [0.25, 0.3) is 0 Å². The molecule has 0 fully saturated rings. The summed E-state index contributed by atoms with van der Waals surface area (Å²) in [5.41, 5.74) is 12.5. The van der Waals surface area contributed by atoms with E-state index in [0.717, 1.165) is 57.8 Å². The van der Waals surface area contributed by atoms with Crippen LogP contribution in [0.15, 0.2) is 150 Å². The van der Waals surface area contributed by atoms with Crippen molar-refractivity contribution in [2.24, 2.45) is 0 Å². The van der Waals surface area contributed by atoms with Crippen LogP contribution in [0.3, 0.4) is 0 Å². The van der Waals surface area contributed by atoms with Crippen LogP contribution in [0.5, 0.6) is 0 Å². The second kappa shape index (κ2) is 10.8. The van der Waals surface area contributed by atoms with E-state index in [1.807, 2.05) is 12.1 Å². The van der Waals surface area contributed by atoms with Crippen LogP contribution in [0.1, 0.15) is 17.5 Å². The van der Waals surface area contributed by atoms with Crippen LogP contribution in [0.25, 0.3) is 78.5 Å². The monoisotopic (exact) mass is 587 g/mol. The van der Waals surface area contributed by atoms with Crippen LogP contribution < -0.4 is 0 Å². The quantitative estimate of drug-likeness (QED) is 0.196. The molecule has 2 heterocycles. The number of nitrogens with zero attached hydrogens (tertiary/aromatic N) is 1. The molecule has 0 radical (unpaired) electrons. The molecular formula is C44H29NO. The Morgan fingerprint density at radius 1 is 0.609 bits per heavy atom. The summed E-state index contributed by atoms with van der Waals surface area (Å²) < 4.78 is 9.55. The van der Waals surface area contributed by atoms with Crippen LogP contribution in [0, 0.1) is 12.1 Å². The smallest absolute Gasteiger partial charge is 0.142 e. The lowest BCUT2D eigenvalue weighted by Crippen LogP contribution is -1.98. The van der Waals surface area contributed by atoms with Crippen molar-refractivity contribution < 1.29 is 4.42 Å². The number of hydrogen-bond donors (Lipinski definition) is 0. The first-order valence-corrected chi connectivity index (χ1v) is 15.8. The SMILES string of the molecule is c1cccc(-c2ccc3c4ccccc4n(-c4ccccc4)c3c2-c2oc(-c3ccc(-c4ccccc4)cc3)c3c2CCC=C3)c#1. The van der Waals surface area contributed by atoms with Gasteiger partial charge in [-0.05, 0) is 54.3 Å². The predicted octanol–water partition coefficient (Wildman–Crippen LogP) is 11.6. The Morgan fingerprint density at radius 2 is 1.35 bits per heavy atom. The number of furan rings is 1. The molecule has 8 aromatic rings. The summed E-state index contributed by atoms with van der Waals surface area (Å²) in [4.78, 5) is 0. The number of para-hydroxylation sites is 2. The summed E-state index contributed by atoms with van der Waals surface area (Å²) >= 11 is 0. The van der Waals surface area contributed by atoms with Crippen molar-refractivity contribution in [1.29, 1.82) is 0 Å². The van der Waals surface area contributed by atoms with Crippen LogP contribution in [0.2, 0.25) is 0 Å². The van der Waals surface area contributed by atoms with E-state index in [1.165, 1.54) is 38.5 Å². The van der Waals surface area contributed by atoms with Crippen LogP contribution in [-0.4, -0.2) is 4.57 Å². The Kier molecular flexibility index (Phi) is 6.21. The number of aromatic nitrogens is 1. The van der Waals surface area contributed by atoms with Gasteiger partial charge >= 0.3 is 0 Å². The van der Waals surface area contributed by atoms with E-state index in [2.05, 4.69) is 156 Å². The second-order valence-corrected chi connectivity index (χ2v) is 11.8. The van der Waals surface area contributed by atoms with E-state index in [-0.39, 0.29) is 0 Å². The van der Waals surface area contributed by atoms with E-state index in [4.69, 9.17) is 4.42 Å². The van der Waals surface area contributed by atoms with E-state index >= 15 is 0 Å². The van der Waals surface area contributed by atoms with Gasteiger partial charge in [0.05, 0.1) is 16.6 Å². The van der Waals surface area contributed by atoms with E-state index < -0.39 is 0 Å². The second-order valence-electron chi connectivity index (χ2n) is 11.8. The summed E-state index contributed by atoms with van der Waals surface area (Å²) in [6.45, 7) is 0. The third-order valence-corrected chi connectivity index (χ3v) is 9.17. The third-order valence-electron chi connectivity index (χ3n) is 9.17. The highest BCUT2D eigenvalue weighted by Crippen LogP contribution is 2.48. The van der Waals surface area contributed by atoms with Crippen LogP contribution >= 0.6 is 0 Å². The maximum Gasteiger partial charge on any atom is 0.142 e. The minimum atomic E-state index is 0.912. The molecule has 1 aliphatic rings. The highest BCUT2D eigenvalue weighted by Gasteiger charge is 2.28. The molecule has 0 unspecified atom stereocenters. The molecule has 9 rings (SSSR count). The summed E-state index contributed by atoms with van der Waals surface area (Å²) in [5, 5.41) is 2.41. The number of hydrogen-bond acceptors (Lipinski definition) is 1. The zero-order valence-corrected chi connectivity index (χ0v) is 25.2. The van der Waals surface area contributed by atoms with Crippen molar-refractivity contribution in [3.8, 4) is 50.6 Å². The molecule has 216 valence electrons. The summed E-state index contributed by atoms with van der Waals surface area (Å²) in [5.74, 6) is 1.84. The summed E-state index contributed by atoms with van der Waals surface area (Å²) in [6.07, 6.45) is 6.41. The molecular weight excluding hydrogens is 558 g/mol. The first-order chi connectivity index (χ1) is 22.8. The van der Waals surface area contributed by atoms with Crippen molar-refractivity contribution in [3.05, 3.63) is 169 Å². The summed E-state index contributed by atoms with van der Waals surface area (Å²) in [6, 6.07) is 55.8. The zero-order chi connectivity index (χ0) is 30.5. The van der Waals surface area contributed by atoms with Crippen molar-refractivity contribution in [2.45, 2.75) is 12.8 Å². The molecule has 2 aromatic heterocycles. The number of fused-ring (bicyclic) bond motifs is 4. The van der Waals surface area contributed by atoms with Crippen molar-refractivity contribution >= 4 is 27.9 Å². The van der Waals surface area contributed by atoms with Gasteiger partial charge in [-0.25, -0.2) is 0 Å². The zero-order valence-electron chi connectivity index (χ0n) is 25.2. The van der Waals surface area contributed by atoms with Gasteiger partial charge in [-0.1, -0.05) is 133 Å². The first kappa shape index (κ1) is 26.4.